The SMILES string of the molecule is Cc1cc(C2(N)CC2)ccc1O. The van der Waals surface area contributed by atoms with E-state index >= 15 is 0 Å². The van der Waals surface area contributed by atoms with E-state index in [1.54, 1.807) is 6.07 Å². The zero-order valence-corrected chi connectivity index (χ0v) is 7.17. The number of nitrogens with two attached hydrogens (primary N) is 1. The molecular weight excluding hydrogens is 150 g/mol. The van der Waals surface area contributed by atoms with Gasteiger partial charge in [-0.05, 0) is 37.0 Å². The van der Waals surface area contributed by atoms with Crippen molar-refractivity contribution in [2.24, 2.45) is 5.73 Å². The van der Waals surface area contributed by atoms with Gasteiger partial charge >= 0.3 is 0 Å². The van der Waals surface area contributed by atoms with Crippen LogP contribution in [0.3, 0.4) is 0 Å². The van der Waals surface area contributed by atoms with Crippen LogP contribution in [0.4, 0.5) is 0 Å². The van der Waals surface area contributed by atoms with Crippen molar-refractivity contribution < 1.29 is 5.11 Å². The third-order valence-electron chi connectivity index (χ3n) is 2.56. The predicted octanol–water partition coefficient (Wildman–Crippen LogP) is 1.65. The molecule has 1 aromatic carbocycles. The Morgan fingerprint density at radius 2 is 2.08 bits per heavy atom. The fraction of sp³-hybridized carbons (Fsp3) is 0.400. The normalized spacial score (nSPS) is 19.2. The monoisotopic (exact) mass is 163 g/mol. The van der Waals surface area contributed by atoms with Crippen LogP contribution in [-0.4, -0.2) is 5.11 Å². The Bertz CT molecular complexity index is 316. The van der Waals surface area contributed by atoms with Gasteiger partial charge in [0, 0.05) is 5.54 Å². The topological polar surface area (TPSA) is 46.2 Å². The number of aryl methyl sites for hydroxylation is 1. The summed E-state index contributed by atoms with van der Waals surface area (Å²) in [7, 11) is 0. The first-order valence-corrected chi connectivity index (χ1v) is 4.21. The molecule has 0 amide bonds. The fourth-order valence-corrected chi connectivity index (χ4v) is 1.39. The Labute approximate surface area is 72.0 Å². The van der Waals surface area contributed by atoms with Gasteiger partial charge in [-0.1, -0.05) is 12.1 Å². The Morgan fingerprint density at radius 3 is 2.58 bits per heavy atom. The number of phenolic OH excluding ortho intramolecular Hbond substituents is 1. The van der Waals surface area contributed by atoms with Crippen LogP contribution in [0.2, 0.25) is 0 Å². The predicted molar refractivity (Wildman–Crippen MR) is 47.9 cm³/mol. The fourth-order valence-electron chi connectivity index (χ4n) is 1.39. The minimum Gasteiger partial charge on any atom is -0.508 e. The summed E-state index contributed by atoms with van der Waals surface area (Å²) in [5.74, 6) is 0.350. The molecule has 0 atom stereocenters. The van der Waals surface area contributed by atoms with Crippen molar-refractivity contribution in [3.63, 3.8) is 0 Å². The molecular formula is C10H13NO. The van der Waals surface area contributed by atoms with E-state index in [1.165, 1.54) is 0 Å². The van der Waals surface area contributed by atoms with Crippen LogP contribution < -0.4 is 5.73 Å². The van der Waals surface area contributed by atoms with Crippen molar-refractivity contribution in [1.29, 1.82) is 0 Å². The average molecular weight is 163 g/mol. The third-order valence-corrected chi connectivity index (χ3v) is 2.56. The van der Waals surface area contributed by atoms with Crippen molar-refractivity contribution in [3.8, 4) is 5.75 Å². The molecule has 1 aliphatic rings. The van der Waals surface area contributed by atoms with Crippen LogP contribution in [0, 0.1) is 6.92 Å². The largest absolute Gasteiger partial charge is 0.508 e. The highest BCUT2D eigenvalue weighted by atomic mass is 16.3. The average Bonchev–Trinajstić information content (AvgIpc) is 2.75. The summed E-state index contributed by atoms with van der Waals surface area (Å²) >= 11 is 0. The molecule has 3 N–H and O–H groups in total. The van der Waals surface area contributed by atoms with Gasteiger partial charge in [0.25, 0.3) is 0 Å². The third kappa shape index (κ3) is 1.08. The Kier molecular flexibility index (Phi) is 1.42. The summed E-state index contributed by atoms with van der Waals surface area (Å²) in [4.78, 5) is 0. The van der Waals surface area contributed by atoms with Crippen LogP contribution in [0.1, 0.15) is 24.0 Å². The second kappa shape index (κ2) is 2.23. The van der Waals surface area contributed by atoms with Gasteiger partial charge < -0.3 is 10.8 Å². The molecule has 0 spiro atoms. The highest BCUT2D eigenvalue weighted by molar-refractivity contribution is 5.40. The lowest BCUT2D eigenvalue weighted by molar-refractivity contribution is 0.470. The smallest absolute Gasteiger partial charge is 0.118 e. The number of hydrogen-bond donors (Lipinski definition) is 2. The van der Waals surface area contributed by atoms with Crippen molar-refractivity contribution >= 4 is 0 Å². The van der Waals surface area contributed by atoms with Crippen molar-refractivity contribution in [3.05, 3.63) is 29.3 Å². The summed E-state index contributed by atoms with van der Waals surface area (Å²) in [5, 5.41) is 9.29. The Hall–Kier alpha value is -1.02. The highest BCUT2D eigenvalue weighted by Gasteiger charge is 2.39. The number of benzene rings is 1. The summed E-state index contributed by atoms with van der Waals surface area (Å²) in [6.07, 6.45) is 2.13. The van der Waals surface area contributed by atoms with Crippen molar-refractivity contribution in [1.82, 2.24) is 0 Å². The van der Waals surface area contributed by atoms with E-state index in [0.29, 0.717) is 5.75 Å². The summed E-state index contributed by atoms with van der Waals surface area (Å²) in [6.45, 7) is 1.89. The van der Waals surface area contributed by atoms with Gasteiger partial charge in [-0.2, -0.15) is 0 Å². The second-order valence-corrected chi connectivity index (χ2v) is 3.66. The molecule has 0 aliphatic heterocycles. The number of aromatic hydroxyl groups is 1. The van der Waals surface area contributed by atoms with E-state index in [0.717, 1.165) is 24.0 Å². The molecule has 1 fully saturated rings. The maximum absolute atomic E-state index is 9.29. The van der Waals surface area contributed by atoms with Crippen LogP contribution in [-0.2, 0) is 5.54 Å². The van der Waals surface area contributed by atoms with E-state index in [1.807, 2.05) is 19.1 Å². The molecule has 2 heteroatoms. The van der Waals surface area contributed by atoms with Gasteiger partial charge in [-0.15, -0.1) is 0 Å². The highest BCUT2D eigenvalue weighted by Crippen LogP contribution is 2.43. The van der Waals surface area contributed by atoms with Crippen molar-refractivity contribution in [2.45, 2.75) is 25.3 Å². The molecule has 1 saturated carbocycles. The van der Waals surface area contributed by atoms with E-state index in [4.69, 9.17) is 5.73 Å². The van der Waals surface area contributed by atoms with Crippen LogP contribution >= 0.6 is 0 Å². The van der Waals surface area contributed by atoms with Gasteiger partial charge in [0.05, 0.1) is 0 Å². The van der Waals surface area contributed by atoms with Gasteiger partial charge in [-0.25, -0.2) is 0 Å². The minimum atomic E-state index is -0.0849. The first-order chi connectivity index (χ1) is 5.62. The lowest BCUT2D eigenvalue weighted by Crippen LogP contribution is -2.18. The van der Waals surface area contributed by atoms with Gasteiger partial charge in [0.2, 0.25) is 0 Å². The number of hydrogen-bond acceptors (Lipinski definition) is 2. The van der Waals surface area contributed by atoms with Crippen LogP contribution in [0.15, 0.2) is 18.2 Å². The zero-order valence-electron chi connectivity index (χ0n) is 7.17. The summed E-state index contributed by atoms with van der Waals surface area (Å²) < 4.78 is 0. The van der Waals surface area contributed by atoms with E-state index < -0.39 is 0 Å². The molecule has 2 nitrogen and oxygen atoms in total. The molecule has 12 heavy (non-hydrogen) atoms. The lowest BCUT2D eigenvalue weighted by Gasteiger charge is -2.10. The molecule has 0 unspecified atom stereocenters. The molecule has 1 aromatic rings. The molecule has 0 radical (unpaired) electrons. The first kappa shape index (κ1) is 7.62. The van der Waals surface area contributed by atoms with Gasteiger partial charge in [0.1, 0.15) is 5.75 Å². The molecule has 1 aliphatic carbocycles. The number of phenols is 1. The standard InChI is InChI=1S/C10H13NO/c1-7-6-8(2-3-9(7)12)10(11)4-5-10/h2-3,6,12H,4-5,11H2,1H3. The maximum atomic E-state index is 9.29. The molecule has 0 bridgehead atoms. The summed E-state index contributed by atoms with van der Waals surface area (Å²) in [5.41, 5.74) is 7.98. The Morgan fingerprint density at radius 1 is 1.42 bits per heavy atom. The van der Waals surface area contributed by atoms with Crippen LogP contribution in [0.25, 0.3) is 0 Å². The van der Waals surface area contributed by atoms with Gasteiger partial charge in [-0.3, -0.25) is 0 Å². The summed E-state index contributed by atoms with van der Waals surface area (Å²) in [6, 6.07) is 5.61. The Balaban J connectivity index is 2.41. The van der Waals surface area contributed by atoms with E-state index in [-0.39, 0.29) is 5.54 Å². The van der Waals surface area contributed by atoms with E-state index in [9.17, 15) is 5.11 Å². The molecule has 0 saturated heterocycles. The maximum Gasteiger partial charge on any atom is 0.118 e. The zero-order chi connectivity index (χ0) is 8.77. The lowest BCUT2D eigenvalue weighted by atomic mass is 10.0. The molecule has 64 valence electrons. The molecule has 0 heterocycles. The molecule has 2 rings (SSSR count). The van der Waals surface area contributed by atoms with Gasteiger partial charge in [0.15, 0.2) is 0 Å². The number of rotatable bonds is 1. The molecule has 0 aromatic heterocycles. The first-order valence-electron chi connectivity index (χ1n) is 4.21. The minimum absolute atomic E-state index is 0.0849. The quantitative estimate of drug-likeness (QED) is 0.661. The van der Waals surface area contributed by atoms with E-state index in [2.05, 4.69) is 0 Å². The van der Waals surface area contributed by atoms with Crippen LogP contribution in [0.5, 0.6) is 5.75 Å². The van der Waals surface area contributed by atoms with Crippen molar-refractivity contribution in [2.75, 3.05) is 0 Å². The second-order valence-electron chi connectivity index (χ2n) is 3.66.